The van der Waals surface area contributed by atoms with E-state index >= 15 is 0 Å². The summed E-state index contributed by atoms with van der Waals surface area (Å²) in [4.78, 5) is 25.8. The van der Waals surface area contributed by atoms with E-state index in [0.717, 1.165) is 5.69 Å². The highest BCUT2D eigenvalue weighted by molar-refractivity contribution is 7.07. The second kappa shape index (κ2) is 5.44. The highest BCUT2D eigenvalue weighted by Crippen LogP contribution is 2.21. The quantitative estimate of drug-likeness (QED) is 0.501. The number of nitrogens with two attached hydrogens (primary N) is 1. The first-order chi connectivity index (χ1) is 9.08. The van der Waals surface area contributed by atoms with Crippen LogP contribution in [0.2, 0.25) is 0 Å². The van der Waals surface area contributed by atoms with Gasteiger partial charge in [0.05, 0.1) is 22.7 Å². The van der Waals surface area contributed by atoms with Crippen molar-refractivity contribution < 1.29 is 9.72 Å². The number of nitrogens with zero attached hydrogens (tertiary/aromatic N) is 2. The van der Waals surface area contributed by atoms with Gasteiger partial charge >= 0.3 is 0 Å². The third-order valence-electron chi connectivity index (χ3n) is 2.40. The van der Waals surface area contributed by atoms with Gasteiger partial charge in [-0.3, -0.25) is 14.9 Å². The van der Waals surface area contributed by atoms with E-state index in [9.17, 15) is 14.9 Å². The minimum atomic E-state index is -0.591. The van der Waals surface area contributed by atoms with E-state index in [-0.39, 0.29) is 22.8 Å². The van der Waals surface area contributed by atoms with Gasteiger partial charge in [-0.1, -0.05) is 0 Å². The Labute approximate surface area is 112 Å². The normalized spacial score (nSPS) is 10.1. The third kappa shape index (κ3) is 3.05. The summed E-state index contributed by atoms with van der Waals surface area (Å²) in [5, 5.41) is 15.1. The van der Waals surface area contributed by atoms with E-state index in [4.69, 9.17) is 5.73 Å². The van der Waals surface area contributed by atoms with Crippen LogP contribution in [0.3, 0.4) is 0 Å². The van der Waals surface area contributed by atoms with Crippen molar-refractivity contribution in [3.8, 4) is 0 Å². The zero-order valence-electron chi connectivity index (χ0n) is 9.70. The van der Waals surface area contributed by atoms with Crippen molar-refractivity contribution in [2.45, 2.75) is 6.54 Å². The minimum Gasteiger partial charge on any atom is -0.393 e. The summed E-state index contributed by atoms with van der Waals surface area (Å²) in [5.41, 5.74) is 7.98. The first kappa shape index (κ1) is 13.0. The van der Waals surface area contributed by atoms with Crippen LogP contribution in [-0.4, -0.2) is 15.8 Å². The van der Waals surface area contributed by atoms with Crippen molar-refractivity contribution in [1.29, 1.82) is 0 Å². The van der Waals surface area contributed by atoms with E-state index in [1.54, 1.807) is 5.51 Å². The molecule has 0 saturated carbocycles. The Bertz CT molecular complexity index is 612. The van der Waals surface area contributed by atoms with E-state index in [1.807, 2.05) is 5.38 Å². The van der Waals surface area contributed by atoms with Gasteiger partial charge in [0.1, 0.15) is 5.69 Å². The molecule has 2 rings (SSSR count). The lowest BCUT2D eigenvalue weighted by atomic mass is 10.1. The van der Waals surface area contributed by atoms with Crippen LogP contribution in [0.1, 0.15) is 16.1 Å². The molecular formula is C11H10N4O3S. The Balaban J connectivity index is 2.07. The van der Waals surface area contributed by atoms with Crippen molar-refractivity contribution in [2.24, 2.45) is 0 Å². The number of nitrogens with one attached hydrogen (secondary N) is 1. The number of nitro groups is 1. The molecule has 98 valence electrons. The summed E-state index contributed by atoms with van der Waals surface area (Å²) < 4.78 is 0. The van der Waals surface area contributed by atoms with Crippen molar-refractivity contribution in [3.05, 3.63) is 50.5 Å². The van der Waals surface area contributed by atoms with Crippen LogP contribution in [0.25, 0.3) is 0 Å². The molecular weight excluding hydrogens is 268 g/mol. The number of hydrogen-bond acceptors (Lipinski definition) is 6. The SMILES string of the molecule is Nc1cc(C(=O)NCc2cscn2)ccc1[N+](=O)[O-]. The number of carbonyl (C=O) groups is 1. The van der Waals surface area contributed by atoms with Crippen LogP contribution in [0.15, 0.2) is 29.1 Å². The van der Waals surface area contributed by atoms with Gasteiger partial charge in [0.15, 0.2) is 0 Å². The summed E-state index contributed by atoms with van der Waals surface area (Å²) in [7, 11) is 0. The van der Waals surface area contributed by atoms with Crippen molar-refractivity contribution in [3.63, 3.8) is 0 Å². The average molecular weight is 278 g/mol. The number of nitro benzene ring substituents is 1. The molecule has 1 aromatic heterocycles. The Morgan fingerprint density at radius 2 is 2.32 bits per heavy atom. The molecule has 0 spiro atoms. The predicted molar refractivity (Wildman–Crippen MR) is 70.8 cm³/mol. The molecule has 2 aromatic rings. The van der Waals surface area contributed by atoms with E-state index < -0.39 is 4.92 Å². The van der Waals surface area contributed by atoms with E-state index in [1.165, 1.54) is 29.5 Å². The Morgan fingerprint density at radius 3 is 2.89 bits per heavy atom. The van der Waals surface area contributed by atoms with Gasteiger partial charge in [-0.05, 0) is 12.1 Å². The Morgan fingerprint density at radius 1 is 1.53 bits per heavy atom. The summed E-state index contributed by atoms with van der Waals surface area (Å²) in [6.07, 6.45) is 0. The van der Waals surface area contributed by atoms with Gasteiger partial charge in [-0.15, -0.1) is 11.3 Å². The standard InChI is InChI=1S/C11H10N4O3S/c12-9-3-7(1-2-10(9)15(17)18)11(16)13-4-8-5-19-6-14-8/h1-3,5-6H,4,12H2,(H,13,16). The number of thiazole rings is 1. The molecule has 0 unspecified atom stereocenters. The largest absolute Gasteiger partial charge is 0.393 e. The minimum absolute atomic E-state index is 0.0358. The maximum Gasteiger partial charge on any atom is 0.292 e. The number of hydrogen-bond donors (Lipinski definition) is 2. The number of nitrogen functional groups attached to an aromatic ring is 1. The third-order valence-corrected chi connectivity index (χ3v) is 3.04. The lowest BCUT2D eigenvalue weighted by Crippen LogP contribution is -2.23. The number of rotatable bonds is 4. The Kier molecular flexibility index (Phi) is 3.71. The fraction of sp³-hybridized carbons (Fsp3) is 0.0909. The summed E-state index contributed by atoms with van der Waals surface area (Å²) in [6.45, 7) is 0.305. The molecule has 0 radical (unpaired) electrons. The van der Waals surface area contributed by atoms with E-state index in [2.05, 4.69) is 10.3 Å². The molecule has 3 N–H and O–H groups in total. The van der Waals surface area contributed by atoms with E-state index in [0.29, 0.717) is 6.54 Å². The average Bonchev–Trinajstić information content (AvgIpc) is 2.88. The maximum atomic E-state index is 11.8. The summed E-state index contributed by atoms with van der Waals surface area (Å²) in [5.74, 6) is -0.352. The van der Waals surface area contributed by atoms with Crippen molar-refractivity contribution in [2.75, 3.05) is 5.73 Å². The molecule has 1 amide bonds. The van der Waals surface area contributed by atoms with Crippen molar-refractivity contribution in [1.82, 2.24) is 10.3 Å². The fourth-order valence-corrected chi connectivity index (χ4v) is 2.02. The number of amides is 1. The molecule has 0 atom stereocenters. The van der Waals surface area contributed by atoms with Crippen LogP contribution in [0.5, 0.6) is 0 Å². The molecule has 8 heteroatoms. The first-order valence-electron chi connectivity index (χ1n) is 5.27. The fourth-order valence-electron chi connectivity index (χ4n) is 1.46. The molecule has 1 aromatic carbocycles. The van der Waals surface area contributed by atoms with Gasteiger partial charge < -0.3 is 11.1 Å². The molecule has 1 heterocycles. The van der Waals surface area contributed by atoms with Crippen LogP contribution in [0.4, 0.5) is 11.4 Å². The molecule has 19 heavy (non-hydrogen) atoms. The lowest BCUT2D eigenvalue weighted by molar-refractivity contribution is -0.383. The zero-order valence-corrected chi connectivity index (χ0v) is 10.5. The summed E-state index contributed by atoms with van der Waals surface area (Å²) in [6, 6.07) is 3.87. The van der Waals surface area contributed by atoms with Crippen molar-refractivity contribution >= 4 is 28.6 Å². The predicted octanol–water partition coefficient (Wildman–Crippen LogP) is 1.56. The first-order valence-corrected chi connectivity index (χ1v) is 6.21. The second-order valence-electron chi connectivity index (χ2n) is 3.69. The molecule has 0 aliphatic rings. The molecule has 0 saturated heterocycles. The topological polar surface area (TPSA) is 111 Å². The van der Waals surface area contributed by atoms with Crippen LogP contribution < -0.4 is 11.1 Å². The number of carbonyl (C=O) groups excluding carboxylic acids is 1. The number of benzene rings is 1. The highest BCUT2D eigenvalue weighted by atomic mass is 32.1. The molecule has 0 aliphatic carbocycles. The zero-order chi connectivity index (χ0) is 13.8. The van der Waals surface area contributed by atoms with Gasteiger partial charge in [0.25, 0.3) is 11.6 Å². The molecule has 0 bridgehead atoms. The van der Waals surface area contributed by atoms with Crippen LogP contribution in [0, 0.1) is 10.1 Å². The summed E-state index contributed by atoms with van der Waals surface area (Å²) >= 11 is 1.44. The van der Waals surface area contributed by atoms with Gasteiger partial charge in [-0.25, -0.2) is 4.98 Å². The number of anilines is 1. The highest BCUT2D eigenvalue weighted by Gasteiger charge is 2.14. The Hall–Kier alpha value is -2.48. The number of aromatic nitrogens is 1. The van der Waals surface area contributed by atoms with Gasteiger partial charge in [0, 0.05) is 17.0 Å². The van der Waals surface area contributed by atoms with Crippen LogP contribution >= 0.6 is 11.3 Å². The smallest absolute Gasteiger partial charge is 0.292 e. The van der Waals surface area contributed by atoms with Crippen LogP contribution in [-0.2, 0) is 6.54 Å². The molecule has 0 aliphatic heterocycles. The molecule has 7 nitrogen and oxygen atoms in total. The monoisotopic (exact) mass is 278 g/mol. The van der Waals surface area contributed by atoms with Gasteiger partial charge in [-0.2, -0.15) is 0 Å². The van der Waals surface area contributed by atoms with Gasteiger partial charge in [0.2, 0.25) is 0 Å². The molecule has 0 fully saturated rings. The lowest BCUT2D eigenvalue weighted by Gasteiger charge is -2.04. The second-order valence-corrected chi connectivity index (χ2v) is 4.41. The maximum absolute atomic E-state index is 11.8.